The van der Waals surface area contributed by atoms with E-state index in [0.717, 1.165) is 10.6 Å². The van der Waals surface area contributed by atoms with Crippen molar-refractivity contribution < 1.29 is 27.5 Å². The minimum absolute atomic E-state index is 0.0483. The minimum atomic E-state index is -4.97. The van der Waals surface area contributed by atoms with Gasteiger partial charge in [0, 0.05) is 22.9 Å². The number of halogens is 4. The lowest BCUT2D eigenvalue weighted by Gasteiger charge is -2.28. The predicted octanol–water partition coefficient (Wildman–Crippen LogP) is 4.67. The summed E-state index contributed by atoms with van der Waals surface area (Å²) in [7, 11) is 0. The number of carbonyl (C=O) groups is 1. The van der Waals surface area contributed by atoms with Crippen LogP contribution in [0.25, 0.3) is 16.5 Å². The number of likely N-dealkylation sites (tertiary alicyclic amines) is 1. The molecule has 1 aromatic heterocycles. The second-order valence-electron chi connectivity index (χ2n) is 9.04. The maximum absolute atomic E-state index is 13.7. The molecule has 0 radical (unpaired) electrons. The van der Waals surface area contributed by atoms with Gasteiger partial charge in [-0.25, -0.2) is 13.8 Å². The molecular formula is C26H16F4N4O3. The fourth-order valence-electron chi connectivity index (χ4n) is 5.50. The number of hydrogen-bond acceptors (Lipinski definition) is 4. The van der Waals surface area contributed by atoms with Gasteiger partial charge in [-0.1, -0.05) is 24.3 Å². The zero-order valence-corrected chi connectivity index (χ0v) is 18.8. The van der Waals surface area contributed by atoms with Crippen LogP contribution in [-0.4, -0.2) is 31.6 Å². The number of nitrogens with zero attached hydrogens (tertiary/aromatic N) is 4. The lowest BCUT2D eigenvalue weighted by molar-refractivity contribution is -0.140. The predicted molar refractivity (Wildman–Crippen MR) is 123 cm³/mol. The van der Waals surface area contributed by atoms with Crippen LogP contribution >= 0.6 is 0 Å². The summed E-state index contributed by atoms with van der Waals surface area (Å²) in [5.41, 5.74) is -1.48. The van der Waals surface area contributed by atoms with Gasteiger partial charge in [-0.05, 0) is 36.8 Å². The number of aromatic nitrogens is 2. The fourth-order valence-corrected chi connectivity index (χ4v) is 5.50. The van der Waals surface area contributed by atoms with Gasteiger partial charge in [0.2, 0.25) is 5.88 Å². The van der Waals surface area contributed by atoms with E-state index in [1.165, 1.54) is 9.47 Å². The van der Waals surface area contributed by atoms with E-state index in [4.69, 9.17) is 0 Å². The average Bonchev–Trinajstić information content (AvgIpc) is 3.54. The van der Waals surface area contributed by atoms with Crippen molar-refractivity contribution in [1.29, 1.82) is 5.26 Å². The van der Waals surface area contributed by atoms with E-state index < -0.39 is 41.2 Å². The molecule has 2 bridgehead atoms. The third-order valence-electron chi connectivity index (χ3n) is 7.10. The molecule has 3 heterocycles. The quantitative estimate of drug-likeness (QED) is 0.399. The lowest BCUT2D eigenvalue weighted by Crippen LogP contribution is -2.38. The van der Waals surface area contributed by atoms with Gasteiger partial charge in [0.15, 0.2) is 0 Å². The summed E-state index contributed by atoms with van der Waals surface area (Å²) in [6, 6.07) is 13.0. The van der Waals surface area contributed by atoms with Crippen LogP contribution in [0.5, 0.6) is 5.88 Å². The van der Waals surface area contributed by atoms with Crippen LogP contribution in [0.4, 0.5) is 17.6 Å². The Bertz CT molecular complexity index is 1730. The van der Waals surface area contributed by atoms with E-state index in [1.54, 1.807) is 36.4 Å². The summed E-state index contributed by atoms with van der Waals surface area (Å²) in [6.07, 6.45) is -4.66. The van der Waals surface area contributed by atoms with E-state index in [2.05, 4.69) is 6.07 Å². The summed E-state index contributed by atoms with van der Waals surface area (Å²) in [5, 5.41) is 21.8. The number of alkyl halides is 3. The van der Waals surface area contributed by atoms with Crippen molar-refractivity contribution in [3.63, 3.8) is 0 Å². The monoisotopic (exact) mass is 508 g/mol. The van der Waals surface area contributed by atoms with Crippen LogP contribution in [-0.2, 0) is 6.18 Å². The molecule has 0 unspecified atom stereocenters. The average molecular weight is 508 g/mol. The van der Waals surface area contributed by atoms with Crippen LogP contribution in [0.1, 0.15) is 45.7 Å². The number of amides is 1. The maximum Gasteiger partial charge on any atom is 0.419 e. The van der Waals surface area contributed by atoms with E-state index in [0.29, 0.717) is 40.6 Å². The van der Waals surface area contributed by atoms with Crippen molar-refractivity contribution in [2.75, 3.05) is 6.54 Å². The summed E-state index contributed by atoms with van der Waals surface area (Å²) >= 11 is 0. The molecule has 186 valence electrons. The molecule has 1 saturated heterocycles. The standard InChI is InChI=1S/C26H16F4N4O3/c27-19-7-5-13(9-18(19)26(28,29)30)23(35)32-12-15-10-21(32)22-24(36)34(25(37)33(15)22)20-8-6-14(11-31)16-3-1-2-4-17(16)20/h1-9,15,21,36H,10,12H2/t15-,21-/m0/s1. The molecule has 3 aromatic carbocycles. The largest absolute Gasteiger partial charge is 0.493 e. The molecule has 0 saturated carbocycles. The van der Waals surface area contributed by atoms with E-state index in [1.807, 2.05) is 0 Å². The molecule has 11 heteroatoms. The highest BCUT2D eigenvalue weighted by Crippen LogP contribution is 2.49. The first-order valence-electron chi connectivity index (χ1n) is 11.3. The van der Waals surface area contributed by atoms with Gasteiger partial charge in [-0.2, -0.15) is 18.4 Å². The molecule has 7 nitrogen and oxygen atoms in total. The first-order chi connectivity index (χ1) is 17.6. The molecule has 4 aromatic rings. The van der Waals surface area contributed by atoms with Crippen molar-refractivity contribution in [3.05, 3.63) is 93.3 Å². The van der Waals surface area contributed by atoms with Crippen LogP contribution in [0.3, 0.4) is 0 Å². The molecule has 1 N–H and O–H groups in total. The normalized spacial score (nSPS) is 18.3. The van der Waals surface area contributed by atoms with E-state index in [-0.39, 0.29) is 23.7 Å². The summed E-state index contributed by atoms with van der Waals surface area (Å²) in [5.74, 6) is -2.63. The zero-order valence-electron chi connectivity index (χ0n) is 18.8. The molecule has 6 rings (SSSR count). The Morgan fingerprint density at radius 2 is 1.81 bits per heavy atom. The summed E-state index contributed by atoms with van der Waals surface area (Å²) in [6.45, 7) is 0.0483. The van der Waals surface area contributed by atoms with Gasteiger partial charge in [-0.3, -0.25) is 9.36 Å². The van der Waals surface area contributed by atoms with Crippen LogP contribution in [0.2, 0.25) is 0 Å². The topological polar surface area (TPSA) is 91.3 Å². The first kappa shape index (κ1) is 22.8. The third-order valence-corrected chi connectivity index (χ3v) is 7.10. The third kappa shape index (κ3) is 3.18. The van der Waals surface area contributed by atoms with Crippen molar-refractivity contribution in [1.82, 2.24) is 14.0 Å². The smallest absolute Gasteiger partial charge is 0.419 e. The number of carbonyl (C=O) groups excluding carboxylic acids is 1. The maximum atomic E-state index is 13.7. The van der Waals surface area contributed by atoms with Gasteiger partial charge in [-0.15, -0.1) is 0 Å². The Morgan fingerprint density at radius 1 is 1.08 bits per heavy atom. The number of imidazole rings is 1. The molecule has 2 aliphatic heterocycles. The first-order valence-corrected chi connectivity index (χ1v) is 11.3. The van der Waals surface area contributed by atoms with E-state index >= 15 is 0 Å². The van der Waals surface area contributed by atoms with Gasteiger partial charge >= 0.3 is 11.9 Å². The Morgan fingerprint density at radius 3 is 2.51 bits per heavy atom. The zero-order chi connectivity index (χ0) is 26.2. The Hall–Kier alpha value is -4.59. The Kier molecular flexibility index (Phi) is 4.76. The summed E-state index contributed by atoms with van der Waals surface area (Å²) in [4.78, 5) is 27.9. The molecule has 37 heavy (non-hydrogen) atoms. The Balaban J connectivity index is 1.44. The van der Waals surface area contributed by atoms with Crippen LogP contribution in [0.15, 0.2) is 59.4 Å². The molecule has 0 aliphatic carbocycles. The second-order valence-corrected chi connectivity index (χ2v) is 9.04. The van der Waals surface area contributed by atoms with Gasteiger partial charge in [0.1, 0.15) is 11.5 Å². The fraction of sp³-hybridized carbons (Fsp3) is 0.192. The van der Waals surface area contributed by atoms with Crippen LogP contribution < -0.4 is 5.69 Å². The summed E-state index contributed by atoms with van der Waals surface area (Å²) < 4.78 is 55.8. The van der Waals surface area contributed by atoms with E-state index in [9.17, 15) is 37.5 Å². The van der Waals surface area contributed by atoms with Crippen molar-refractivity contribution in [3.8, 4) is 17.6 Å². The number of hydrogen-bond donors (Lipinski definition) is 1. The number of nitriles is 1. The lowest BCUT2D eigenvalue weighted by atomic mass is 10.0. The van der Waals surface area contributed by atoms with Crippen molar-refractivity contribution in [2.45, 2.75) is 24.7 Å². The molecule has 2 atom stereocenters. The molecule has 1 fully saturated rings. The molecule has 1 amide bonds. The van der Waals surface area contributed by atoms with Gasteiger partial charge < -0.3 is 10.0 Å². The molecule has 0 spiro atoms. The highest BCUT2D eigenvalue weighted by atomic mass is 19.4. The Labute approximate surface area is 206 Å². The number of rotatable bonds is 2. The highest BCUT2D eigenvalue weighted by molar-refractivity contribution is 5.96. The number of fused-ring (bicyclic) bond motifs is 6. The van der Waals surface area contributed by atoms with Crippen molar-refractivity contribution in [2.24, 2.45) is 0 Å². The highest BCUT2D eigenvalue weighted by Gasteiger charge is 2.49. The van der Waals surface area contributed by atoms with Gasteiger partial charge in [0.25, 0.3) is 5.91 Å². The minimum Gasteiger partial charge on any atom is -0.493 e. The van der Waals surface area contributed by atoms with Crippen LogP contribution in [0, 0.1) is 17.1 Å². The number of aromatic hydroxyl groups is 1. The second kappa shape index (κ2) is 7.70. The molecule has 2 aliphatic rings. The number of benzene rings is 3. The van der Waals surface area contributed by atoms with Gasteiger partial charge in [0.05, 0.1) is 35.0 Å². The SMILES string of the molecule is N#Cc1ccc(-n2c(O)c3n(c2=O)[C@H]2C[C@@H]3N(C(=O)c3ccc(F)c(C(F)(F)F)c3)C2)c2ccccc12. The molecular weight excluding hydrogens is 492 g/mol. The van der Waals surface area contributed by atoms with Crippen molar-refractivity contribution >= 4 is 16.7 Å².